The second-order valence-corrected chi connectivity index (χ2v) is 6.33. The van der Waals surface area contributed by atoms with Gasteiger partial charge in [0.2, 0.25) is 11.8 Å². The fraction of sp³-hybridized carbons (Fsp3) is 0.500. The van der Waals surface area contributed by atoms with Gasteiger partial charge in [-0.3, -0.25) is 4.79 Å². The van der Waals surface area contributed by atoms with Gasteiger partial charge >= 0.3 is 0 Å². The summed E-state index contributed by atoms with van der Waals surface area (Å²) in [5, 5.41) is 7.21. The predicted molar refractivity (Wildman–Crippen MR) is 88.6 cm³/mol. The van der Waals surface area contributed by atoms with Crippen LogP contribution in [-0.2, 0) is 16.8 Å². The van der Waals surface area contributed by atoms with E-state index in [1.54, 1.807) is 14.0 Å². The molecule has 0 radical (unpaired) electrons. The molecule has 1 saturated carbocycles. The molecular formula is C18H23N3O3. The smallest absolute Gasteiger partial charge is 0.223 e. The van der Waals surface area contributed by atoms with Gasteiger partial charge in [0.1, 0.15) is 11.3 Å². The third-order valence-electron chi connectivity index (χ3n) is 4.57. The van der Waals surface area contributed by atoms with Crippen LogP contribution in [0.15, 0.2) is 28.8 Å². The minimum absolute atomic E-state index is 0.0159. The fourth-order valence-electron chi connectivity index (χ4n) is 3.29. The van der Waals surface area contributed by atoms with Crippen LogP contribution in [-0.4, -0.2) is 23.2 Å². The van der Waals surface area contributed by atoms with Gasteiger partial charge in [-0.25, -0.2) is 0 Å². The maximum atomic E-state index is 12.5. The van der Waals surface area contributed by atoms with Crippen molar-refractivity contribution >= 4 is 5.91 Å². The number of carbonyl (C=O) groups excluding carboxylic acids is 1. The van der Waals surface area contributed by atoms with Gasteiger partial charge in [0, 0.05) is 13.3 Å². The normalized spacial score (nSPS) is 16.1. The number of nitrogens with one attached hydrogen (secondary N) is 1. The molecule has 1 fully saturated rings. The first-order valence-electron chi connectivity index (χ1n) is 8.36. The molecule has 0 unspecified atom stereocenters. The average Bonchev–Trinajstić information content (AvgIpc) is 3.23. The van der Waals surface area contributed by atoms with E-state index in [0.717, 1.165) is 37.0 Å². The zero-order valence-corrected chi connectivity index (χ0v) is 14.2. The second kappa shape index (κ2) is 7.03. The number of benzene rings is 1. The summed E-state index contributed by atoms with van der Waals surface area (Å²) in [5.74, 6) is 1.96. The van der Waals surface area contributed by atoms with Gasteiger partial charge in [-0.05, 0) is 37.0 Å². The monoisotopic (exact) mass is 329 g/mol. The van der Waals surface area contributed by atoms with Gasteiger partial charge < -0.3 is 14.6 Å². The lowest BCUT2D eigenvalue weighted by Crippen LogP contribution is -2.44. The summed E-state index contributed by atoms with van der Waals surface area (Å²) in [6.07, 6.45) is 4.93. The van der Waals surface area contributed by atoms with E-state index in [-0.39, 0.29) is 5.91 Å². The Morgan fingerprint density at radius 3 is 2.83 bits per heavy atom. The van der Waals surface area contributed by atoms with Crippen LogP contribution in [0.5, 0.6) is 5.75 Å². The molecule has 6 nitrogen and oxygen atoms in total. The lowest BCUT2D eigenvalue weighted by atomic mass is 9.96. The molecule has 6 heteroatoms. The highest BCUT2D eigenvalue weighted by molar-refractivity contribution is 5.77. The molecule has 1 aromatic carbocycles. The van der Waals surface area contributed by atoms with Crippen molar-refractivity contribution in [2.75, 3.05) is 7.11 Å². The van der Waals surface area contributed by atoms with Crippen molar-refractivity contribution in [1.29, 1.82) is 0 Å². The maximum absolute atomic E-state index is 12.5. The Morgan fingerprint density at radius 2 is 2.17 bits per heavy atom. The lowest BCUT2D eigenvalue weighted by molar-refractivity contribution is -0.123. The standard InChI is InChI=1S/C18H23N3O3/c1-13-19-17(21-24-13)18(10-3-4-11-18)20-16(22)9-8-14-6-5-7-15(12-14)23-2/h5-7,12H,3-4,8-11H2,1-2H3,(H,20,22). The molecule has 0 bridgehead atoms. The average molecular weight is 329 g/mol. The number of ether oxygens (including phenoxy) is 1. The van der Waals surface area contributed by atoms with Crippen LogP contribution >= 0.6 is 0 Å². The molecule has 0 atom stereocenters. The minimum Gasteiger partial charge on any atom is -0.497 e. The molecule has 1 N–H and O–H groups in total. The van der Waals surface area contributed by atoms with Gasteiger partial charge in [-0.1, -0.05) is 30.1 Å². The molecule has 0 spiro atoms. The molecule has 1 aromatic heterocycles. The van der Waals surface area contributed by atoms with Gasteiger partial charge in [0.05, 0.1) is 7.11 Å². The van der Waals surface area contributed by atoms with E-state index in [0.29, 0.717) is 24.6 Å². The van der Waals surface area contributed by atoms with E-state index < -0.39 is 5.54 Å². The SMILES string of the molecule is COc1cccc(CCC(=O)NC2(c3noc(C)n3)CCCC2)c1. The summed E-state index contributed by atoms with van der Waals surface area (Å²) in [6.45, 7) is 1.77. The Bertz CT molecular complexity index is 705. The Kier molecular flexibility index (Phi) is 4.83. The number of methoxy groups -OCH3 is 1. The Morgan fingerprint density at radius 1 is 1.38 bits per heavy atom. The molecule has 128 valence electrons. The summed E-state index contributed by atoms with van der Waals surface area (Å²) in [5.41, 5.74) is 0.615. The van der Waals surface area contributed by atoms with Gasteiger partial charge in [-0.2, -0.15) is 4.98 Å². The second-order valence-electron chi connectivity index (χ2n) is 6.33. The van der Waals surface area contributed by atoms with Crippen LogP contribution in [0.25, 0.3) is 0 Å². The predicted octanol–water partition coefficient (Wildman–Crippen LogP) is 2.90. The van der Waals surface area contributed by atoms with E-state index in [1.807, 2.05) is 24.3 Å². The van der Waals surface area contributed by atoms with E-state index in [9.17, 15) is 4.79 Å². The van der Waals surface area contributed by atoms with Crippen LogP contribution in [0.4, 0.5) is 0 Å². The Labute approximate surface area is 141 Å². The summed E-state index contributed by atoms with van der Waals surface area (Å²) in [4.78, 5) is 16.8. The third-order valence-corrected chi connectivity index (χ3v) is 4.57. The van der Waals surface area contributed by atoms with Crippen LogP contribution < -0.4 is 10.1 Å². The molecular weight excluding hydrogens is 306 g/mol. The van der Waals surface area contributed by atoms with Crippen molar-refractivity contribution in [2.45, 2.75) is 51.0 Å². The molecule has 1 heterocycles. The third kappa shape index (κ3) is 3.58. The van der Waals surface area contributed by atoms with Gasteiger partial charge in [0.15, 0.2) is 5.82 Å². The molecule has 1 amide bonds. The van der Waals surface area contributed by atoms with Crippen molar-refractivity contribution in [2.24, 2.45) is 0 Å². The molecule has 0 saturated heterocycles. The number of hydrogen-bond donors (Lipinski definition) is 1. The zero-order chi connectivity index (χ0) is 17.0. The van der Waals surface area contributed by atoms with Crippen molar-refractivity contribution in [3.63, 3.8) is 0 Å². The quantitative estimate of drug-likeness (QED) is 0.882. The lowest BCUT2D eigenvalue weighted by Gasteiger charge is -2.26. The largest absolute Gasteiger partial charge is 0.497 e. The Hall–Kier alpha value is -2.37. The number of hydrogen-bond acceptors (Lipinski definition) is 5. The van der Waals surface area contributed by atoms with Crippen molar-refractivity contribution < 1.29 is 14.1 Å². The maximum Gasteiger partial charge on any atom is 0.223 e. The molecule has 2 aromatic rings. The van der Waals surface area contributed by atoms with Crippen LogP contribution in [0.2, 0.25) is 0 Å². The van der Waals surface area contributed by atoms with Crippen LogP contribution in [0.1, 0.15) is 49.4 Å². The summed E-state index contributed by atoms with van der Waals surface area (Å²) in [7, 11) is 1.64. The fourth-order valence-corrected chi connectivity index (χ4v) is 3.29. The van der Waals surface area contributed by atoms with Crippen molar-refractivity contribution in [1.82, 2.24) is 15.5 Å². The number of aromatic nitrogens is 2. The molecule has 1 aliphatic rings. The first-order valence-corrected chi connectivity index (χ1v) is 8.36. The summed E-state index contributed by atoms with van der Waals surface area (Å²) >= 11 is 0. The molecule has 1 aliphatic carbocycles. The first-order chi connectivity index (χ1) is 11.6. The number of amides is 1. The van der Waals surface area contributed by atoms with E-state index in [4.69, 9.17) is 9.26 Å². The van der Waals surface area contributed by atoms with Gasteiger partial charge in [-0.15, -0.1) is 0 Å². The molecule has 3 rings (SSSR count). The van der Waals surface area contributed by atoms with Crippen molar-refractivity contribution in [3.05, 3.63) is 41.5 Å². The number of nitrogens with zero attached hydrogens (tertiary/aromatic N) is 2. The van der Waals surface area contributed by atoms with Gasteiger partial charge in [0.25, 0.3) is 0 Å². The van der Waals surface area contributed by atoms with Crippen LogP contribution in [0, 0.1) is 6.92 Å². The highest BCUT2D eigenvalue weighted by Crippen LogP contribution is 2.37. The first kappa shape index (κ1) is 16.5. The summed E-state index contributed by atoms with van der Waals surface area (Å²) in [6, 6.07) is 7.80. The van der Waals surface area contributed by atoms with E-state index in [2.05, 4.69) is 15.5 Å². The number of rotatable bonds is 6. The number of aryl methyl sites for hydroxylation is 2. The highest BCUT2D eigenvalue weighted by atomic mass is 16.5. The molecule has 0 aliphatic heterocycles. The van der Waals surface area contributed by atoms with Crippen LogP contribution in [0.3, 0.4) is 0 Å². The zero-order valence-electron chi connectivity index (χ0n) is 14.2. The Balaban J connectivity index is 1.64. The van der Waals surface area contributed by atoms with E-state index >= 15 is 0 Å². The van der Waals surface area contributed by atoms with Crippen molar-refractivity contribution in [3.8, 4) is 5.75 Å². The highest BCUT2D eigenvalue weighted by Gasteiger charge is 2.41. The molecule has 24 heavy (non-hydrogen) atoms. The minimum atomic E-state index is -0.469. The topological polar surface area (TPSA) is 77.2 Å². The number of carbonyl (C=O) groups is 1. The van der Waals surface area contributed by atoms with E-state index in [1.165, 1.54) is 0 Å². The summed E-state index contributed by atoms with van der Waals surface area (Å²) < 4.78 is 10.3.